The standard InChI is InChI=1S/C5H6ClNO/c6-4-3-7-2-1-5(4)8/h1-3,5,7-8H. The normalized spacial score (nSPS) is 26.8. The van der Waals surface area contributed by atoms with Crippen molar-refractivity contribution in [2.45, 2.75) is 6.10 Å². The molecule has 0 aromatic heterocycles. The van der Waals surface area contributed by atoms with Crippen molar-refractivity contribution in [3.05, 3.63) is 23.5 Å². The van der Waals surface area contributed by atoms with Crippen LogP contribution in [0.3, 0.4) is 0 Å². The summed E-state index contributed by atoms with van der Waals surface area (Å²) in [5.41, 5.74) is 0. The number of hydrogen-bond donors (Lipinski definition) is 2. The van der Waals surface area contributed by atoms with Gasteiger partial charge in [-0.2, -0.15) is 0 Å². The van der Waals surface area contributed by atoms with Crippen LogP contribution in [0.25, 0.3) is 0 Å². The number of halogens is 1. The second-order valence-electron chi connectivity index (χ2n) is 1.50. The van der Waals surface area contributed by atoms with Gasteiger partial charge in [-0.25, -0.2) is 0 Å². The van der Waals surface area contributed by atoms with Gasteiger partial charge in [0.15, 0.2) is 0 Å². The second-order valence-corrected chi connectivity index (χ2v) is 1.94. The Kier molecular flexibility index (Phi) is 1.56. The second kappa shape index (κ2) is 2.20. The molecule has 1 unspecified atom stereocenters. The Morgan fingerprint density at radius 1 is 1.75 bits per heavy atom. The fourth-order valence-electron chi connectivity index (χ4n) is 0.452. The molecule has 0 saturated heterocycles. The van der Waals surface area contributed by atoms with Crippen LogP contribution in [0.1, 0.15) is 0 Å². The fraction of sp³-hybridized carbons (Fsp3) is 0.200. The zero-order chi connectivity index (χ0) is 5.98. The van der Waals surface area contributed by atoms with E-state index in [4.69, 9.17) is 16.7 Å². The van der Waals surface area contributed by atoms with Gasteiger partial charge in [0.1, 0.15) is 6.10 Å². The lowest BCUT2D eigenvalue weighted by Crippen LogP contribution is -2.11. The average molecular weight is 132 g/mol. The van der Waals surface area contributed by atoms with E-state index in [1.165, 1.54) is 0 Å². The number of aliphatic hydroxyl groups excluding tert-OH is 1. The largest absolute Gasteiger partial charge is 0.383 e. The smallest absolute Gasteiger partial charge is 0.111 e. The van der Waals surface area contributed by atoms with Crippen LogP contribution in [0.15, 0.2) is 23.5 Å². The minimum Gasteiger partial charge on any atom is -0.383 e. The van der Waals surface area contributed by atoms with Crippen molar-refractivity contribution in [1.29, 1.82) is 0 Å². The summed E-state index contributed by atoms with van der Waals surface area (Å²) < 4.78 is 0. The molecule has 0 saturated carbocycles. The highest BCUT2D eigenvalue weighted by molar-refractivity contribution is 6.30. The highest BCUT2D eigenvalue weighted by Gasteiger charge is 2.04. The van der Waals surface area contributed by atoms with Crippen LogP contribution >= 0.6 is 11.6 Å². The van der Waals surface area contributed by atoms with Crippen molar-refractivity contribution in [3.8, 4) is 0 Å². The number of rotatable bonds is 0. The molecule has 0 aliphatic carbocycles. The molecule has 8 heavy (non-hydrogen) atoms. The number of hydrogen-bond acceptors (Lipinski definition) is 2. The van der Waals surface area contributed by atoms with E-state index in [-0.39, 0.29) is 0 Å². The first-order valence-electron chi connectivity index (χ1n) is 2.27. The number of nitrogens with one attached hydrogen (secondary N) is 1. The highest BCUT2D eigenvalue weighted by atomic mass is 35.5. The van der Waals surface area contributed by atoms with Crippen molar-refractivity contribution >= 4 is 11.6 Å². The molecular weight excluding hydrogens is 126 g/mol. The van der Waals surface area contributed by atoms with E-state index in [1.807, 2.05) is 0 Å². The van der Waals surface area contributed by atoms with E-state index in [2.05, 4.69) is 5.32 Å². The Morgan fingerprint density at radius 3 is 2.88 bits per heavy atom. The summed E-state index contributed by atoms with van der Waals surface area (Å²) in [7, 11) is 0. The molecule has 0 spiro atoms. The lowest BCUT2D eigenvalue weighted by molar-refractivity contribution is 0.264. The molecule has 2 N–H and O–H groups in total. The molecule has 1 aliphatic heterocycles. The quantitative estimate of drug-likeness (QED) is 0.503. The highest BCUT2D eigenvalue weighted by Crippen LogP contribution is 2.09. The lowest BCUT2D eigenvalue weighted by Gasteiger charge is -2.07. The summed E-state index contributed by atoms with van der Waals surface area (Å²) >= 11 is 5.46. The summed E-state index contributed by atoms with van der Waals surface area (Å²) in [6, 6.07) is 0. The van der Waals surface area contributed by atoms with E-state index in [9.17, 15) is 0 Å². The lowest BCUT2D eigenvalue weighted by atomic mass is 10.3. The van der Waals surface area contributed by atoms with Gasteiger partial charge in [0.2, 0.25) is 0 Å². The van der Waals surface area contributed by atoms with Crippen LogP contribution in [-0.2, 0) is 0 Å². The Morgan fingerprint density at radius 2 is 2.50 bits per heavy atom. The van der Waals surface area contributed by atoms with Crippen LogP contribution in [0, 0.1) is 0 Å². The summed E-state index contributed by atoms with van der Waals surface area (Å²) in [5.74, 6) is 0. The van der Waals surface area contributed by atoms with Gasteiger partial charge in [0.05, 0.1) is 5.03 Å². The van der Waals surface area contributed by atoms with Crippen molar-refractivity contribution in [3.63, 3.8) is 0 Å². The molecular formula is C5H6ClNO. The van der Waals surface area contributed by atoms with E-state index < -0.39 is 6.10 Å². The molecule has 0 aromatic carbocycles. The molecule has 0 aromatic rings. The maximum Gasteiger partial charge on any atom is 0.111 e. The molecule has 0 radical (unpaired) electrons. The van der Waals surface area contributed by atoms with Crippen LogP contribution < -0.4 is 5.32 Å². The minimum atomic E-state index is -0.613. The predicted molar refractivity (Wildman–Crippen MR) is 32.2 cm³/mol. The van der Waals surface area contributed by atoms with Gasteiger partial charge < -0.3 is 10.4 Å². The Balaban J connectivity index is 2.63. The van der Waals surface area contributed by atoms with Crippen LogP contribution in [0.2, 0.25) is 0 Å². The van der Waals surface area contributed by atoms with Gasteiger partial charge >= 0.3 is 0 Å². The predicted octanol–water partition coefficient (Wildman–Crippen LogP) is 0.544. The molecule has 1 rings (SSSR count). The third kappa shape index (κ3) is 1.02. The van der Waals surface area contributed by atoms with Gasteiger partial charge in [0.25, 0.3) is 0 Å². The maximum atomic E-state index is 8.85. The summed E-state index contributed by atoms with van der Waals surface area (Å²) in [6.45, 7) is 0. The van der Waals surface area contributed by atoms with E-state index in [1.54, 1.807) is 18.5 Å². The van der Waals surface area contributed by atoms with Crippen LogP contribution in [0.5, 0.6) is 0 Å². The topological polar surface area (TPSA) is 32.3 Å². The van der Waals surface area contributed by atoms with Crippen molar-refractivity contribution in [2.24, 2.45) is 0 Å². The monoisotopic (exact) mass is 131 g/mol. The minimum absolute atomic E-state index is 0.424. The van der Waals surface area contributed by atoms with Crippen molar-refractivity contribution in [2.75, 3.05) is 0 Å². The fourth-order valence-corrected chi connectivity index (χ4v) is 0.587. The molecule has 3 heteroatoms. The summed E-state index contributed by atoms with van der Waals surface area (Å²) in [5, 5.41) is 12.0. The maximum absolute atomic E-state index is 8.85. The molecule has 1 atom stereocenters. The number of dihydropyridines is 1. The van der Waals surface area contributed by atoms with E-state index in [0.29, 0.717) is 5.03 Å². The Bertz CT molecular complexity index is 141. The molecule has 1 heterocycles. The zero-order valence-electron chi connectivity index (χ0n) is 4.13. The van der Waals surface area contributed by atoms with Crippen molar-refractivity contribution in [1.82, 2.24) is 5.32 Å². The van der Waals surface area contributed by atoms with E-state index in [0.717, 1.165) is 0 Å². The molecule has 0 fully saturated rings. The first-order chi connectivity index (χ1) is 3.80. The van der Waals surface area contributed by atoms with Crippen LogP contribution in [0.4, 0.5) is 0 Å². The van der Waals surface area contributed by atoms with E-state index >= 15 is 0 Å². The first kappa shape index (κ1) is 5.66. The number of aliphatic hydroxyl groups is 1. The molecule has 0 amide bonds. The third-order valence-corrected chi connectivity index (χ3v) is 1.21. The zero-order valence-corrected chi connectivity index (χ0v) is 4.89. The van der Waals surface area contributed by atoms with Gasteiger partial charge in [-0.05, 0) is 12.3 Å². The van der Waals surface area contributed by atoms with Gasteiger partial charge in [-0.15, -0.1) is 0 Å². The van der Waals surface area contributed by atoms with Gasteiger partial charge in [-0.1, -0.05) is 11.6 Å². The molecule has 1 aliphatic rings. The SMILES string of the molecule is OC1C=CNC=C1Cl. The molecule has 44 valence electrons. The van der Waals surface area contributed by atoms with Crippen LogP contribution in [-0.4, -0.2) is 11.2 Å². The summed E-state index contributed by atoms with van der Waals surface area (Å²) in [4.78, 5) is 0. The van der Waals surface area contributed by atoms with Gasteiger partial charge in [0, 0.05) is 6.20 Å². The van der Waals surface area contributed by atoms with Crippen molar-refractivity contribution < 1.29 is 5.11 Å². The molecule has 0 bridgehead atoms. The molecule has 2 nitrogen and oxygen atoms in total. The van der Waals surface area contributed by atoms with Gasteiger partial charge in [-0.3, -0.25) is 0 Å². The first-order valence-corrected chi connectivity index (χ1v) is 2.65. The third-order valence-electron chi connectivity index (χ3n) is 0.879. The Labute approximate surface area is 52.5 Å². The Hall–Kier alpha value is -0.470. The average Bonchev–Trinajstić information content (AvgIpc) is 1.77. The summed E-state index contributed by atoms with van der Waals surface area (Å²) in [6.07, 6.45) is 4.14.